The Balaban J connectivity index is 1.52. The van der Waals surface area contributed by atoms with Gasteiger partial charge in [0.1, 0.15) is 0 Å². The highest BCUT2D eigenvalue weighted by atomic mass is 32.2. The van der Waals surface area contributed by atoms with Crippen LogP contribution in [0.15, 0.2) is 51.9 Å². The second-order valence-electron chi connectivity index (χ2n) is 7.28. The summed E-state index contributed by atoms with van der Waals surface area (Å²) in [5.74, 6) is 2.15. The Kier molecular flexibility index (Phi) is 6.46. The molecule has 1 saturated heterocycles. The molecule has 1 aromatic heterocycles. The van der Waals surface area contributed by atoms with Crippen LogP contribution in [0.25, 0.3) is 11.4 Å². The lowest BCUT2D eigenvalue weighted by Gasteiger charge is -2.16. The summed E-state index contributed by atoms with van der Waals surface area (Å²) >= 11 is 1.65. The van der Waals surface area contributed by atoms with Crippen LogP contribution in [-0.4, -0.2) is 42.6 Å². The summed E-state index contributed by atoms with van der Waals surface area (Å²) in [4.78, 5) is 20.1. The van der Waals surface area contributed by atoms with Crippen molar-refractivity contribution in [2.75, 3.05) is 31.4 Å². The van der Waals surface area contributed by atoms with Crippen LogP contribution < -0.4 is 14.4 Å². The molecule has 3 aromatic rings. The van der Waals surface area contributed by atoms with Gasteiger partial charge in [-0.3, -0.25) is 4.79 Å². The topological polar surface area (TPSA) is 77.7 Å². The van der Waals surface area contributed by atoms with Gasteiger partial charge in [-0.2, -0.15) is 4.98 Å². The molecule has 162 valence electrons. The lowest BCUT2D eigenvalue weighted by atomic mass is 10.1. The van der Waals surface area contributed by atoms with Crippen molar-refractivity contribution in [2.45, 2.75) is 30.6 Å². The molecule has 1 amide bonds. The van der Waals surface area contributed by atoms with Crippen LogP contribution in [0.1, 0.15) is 31.6 Å². The Morgan fingerprint density at radius 2 is 2.10 bits per heavy atom. The fourth-order valence-corrected chi connectivity index (χ4v) is 4.01. The fourth-order valence-electron chi connectivity index (χ4n) is 3.56. The van der Waals surface area contributed by atoms with Crippen molar-refractivity contribution < 1.29 is 18.8 Å². The van der Waals surface area contributed by atoms with E-state index in [1.165, 1.54) is 0 Å². The first kappa shape index (κ1) is 21.2. The van der Waals surface area contributed by atoms with Gasteiger partial charge in [0.25, 0.3) is 0 Å². The SMILES string of the molecule is CCCOc1ccc(-c2noc(C3CC(=O)N(c4cccc(SC)c4)C3)n2)cc1OC. The molecule has 1 aliphatic rings. The first-order valence-electron chi connectivity index (χ1n) is 10.2. The molecule has 2 heterocycles. The van der Waals surface area contributed by atoms with Gasteiger partial charge in [0, 0.05) is 29.1 Å². The molecule has 0 spiro atoms. The van der Waals surface area contributed by atoms with E-state index in [4.69, 9.17) is 14.0 Å². The van der Waals surface area contributed by atoms with Gasteiger partial charge in [-0.1, -0.05) is 18.1 Å². The number of aromatic nitrogens is 2. The Bertz CT molecular complexity index is 1070. The predicted octanol–water partition coefficient (Wildman–Crippen LogP) is 4.78. The van der Waals surface area contributed by atoms with E-state index in [1.807, 2.05) is 48.7 Å². The van der Waals surface area contributed by atoms with Gasteiger partial charge in [-0.05, 0) is 49.1 Å². The summed E-state index contributed by atoms with van der Waals surface area (Å²) in [7, 11) is 1.60. The molecule has 0 saturated carbocycles. The molecule has 0 bridgehead atoms. The molecule has 8 heteroatoms. The van der Waals surface area contributed by atoms with Gasteiger partial charge in [-0.15, -0.1) is 11.8 Å². The maximum Gasteiger partial charge on any atom is 0.232 e. The average Bonchev–Trinajstić information content (AvgIpc) is 3.44. The van der Waals surface area contributed by atoms with E-state index < -0.39 is 0 Å². The van der Waals surface area contributed by atoms with E-state index in [0.717, 1.165) is 22.6 Å². The minimum absolute atomic E-state index is 0.0575. The Morgan fingerprint density at radius 3 is 2.87 bits per heavy atom. The standard InChI is InChI=1S/C23H25N3O4S/c1-4-10-29-19-9-8-15(11-20(19)28-2)22-24-23(30-25-22)16-12-21(27)26(14-16)17-6-5-7-18(13-17)31-3/h5-9,11,13,16H,4,10,12,14H2,1-3H3. The minimum atomic E-state index is -0.138. The second kappa shape index (κ2) is 9.43. The largest absolute Gasteiger partial charge is 0.493 e. The first-order chi connectivity index (χ1) is 15.1. The van der Waals surface area contributed by atoms with E-state index in [9.17, 15) is 4.79 Å². The van der Waals surface area contributed by atoms with Crippen molar-refractivity contribution in [1.82, 2.24) is 10.1 Å². The molecule has 7 nitrogen and oxygen atoms in total. The van der Waals surface area contributed by atoms with Gasteiger partial charge >= 0.3 is 0 Å². The number of anilines is 1. The fraction of sp³-hybridized carbons (Fsp3) is 0.348. The summed E-state index contributed by atoms with van der Waals surface area (Å²) in [5.41, 5.74) is 1.66. The second-order valence-corrected chi connectivity index (χ2v) is 8.16. The van der Waals surface area contributed by atoms with Gasteiger partial charge in [-0.25, -0.2) is 0 Å². The third-order valence-corrected chi connectivity index (χ3v) is 5.89. The number of methoxy groups -OCH3 is 1. The summed E-state index contributed by atoms with van der Waals surface area (Å²) in [5, 5.41) is 4.13. The van der Waals surface area contributed by atoms with E-state index in [2.05, 4.69) is 17.1 Å². The number of hydrogen-bond donors (Lipinski definition) is 0. The maximum atomic E-state index is 12.6. The number of nitrogens with zero attached hydrogens (tertiary/aromatic N) is 3. The molecule has 2 aromatic carbocycles. The third kappa shape index (κ3) is 4.54. The maximum absolute atomic E-state index is 12.6. The zero-order valence-corrected chi connectivity index (χ0v) is 18.6. The van der Waals surface area contributed by atoms with Gasteiger partial charge in [0.05, 0.1) is 19.6 Å². The molecule has 0 aliphatic carbocycles. The summed E-state index contributed by atoms with van der Waals surface area (Å²) in [6.07, 6.45) is 3.28. The summed E-state index contributed by atoms with van der Waals surface area (Å²) in [6, 6.07) is 13.5. The lowest BCUT2D eigenvalue weighted by Crippen LogP contribution is -2.24. The molecular formula is C23H25N3O4S. The quantitative estimate of drug-likeness (QED) is 0.468. The molecular weight excluding hydrogens is 414 g/mol. The third-order valence-electron chi connectivity index (χ3n) is 5.16. The van der Waals surface area contributed by atoms with Crippen LogP contribution in [0.2, 0.25) is 0 Å². The van der Waals surface area contributed by atoms with Crippen molar-refractivity contribution in [1.29, 1.82) is 0 Å². The van der Waals surface area contributed by atoms with Crippen LogP contribution in [0.3, 0.4) is 0 Å². The highest BCUT2D eigenvalue weighted by Gasteiger charge is 2.35. The van der Waals surface area contributed by atoms with Crippen LogP contribution >= 0.6 is 11.8 Å². The molecule has 1 fully saturated rings. The average molecular weight is 440 g/mol. The van der Waals surface area contributed by atoms with Crippen LogP contribution in [0.5, 0.6) is 11.5 Å². The number of amides is 1. The minimum Gasteiger partial charge on any atom is -0.493 e. The van der Waals surface area contributed by atoms with Gasteiger partial charge in [0.2, 0.25) is 17.6 Å². The number of rotatable bonds is 8. The zero-order valence-electron chi connectivity index (χ0n) is 17.8. The number of carbonyl (C=O) groups is 1. The van der Waals surface area contributed by atoms with Crippen molar-refractivity contribution in [2.24, 2.45) is 0 Å². The van der Waals surface area contributed by atoms with Crippen LogP contribution in [0.4, 0.5) is 5.69 Å². The lowest BCUT2D eigenvalue weighted by molar-refractivity contribution is -0.117. The Labute approximate surface area is 185 Å². The number of thioether (sulfide) groups is 1. The molecule has 31 heavy (non-hydrogen) atoms. The van der Waals surface area contributed by atoms with E-state index in [1.54, 1.807) is 23.8 Å². The molecule has 4 rings (SSSR count). The van der Waals surface area contributed by atoms with E-state index in [-0.39, 0.29) is 11.8 Å². The number of carbonyl (C=O) groups excluding carboxylic acids is 1. The smallest absolute Gasteiger partial charge is 0.232 e. The van der Waals surface area contributed by atoms with Gasteiger partial charge in [0.15, 0.2) is 11.5 Å². The molecule has 1 atom stereocenters. The zero-order chi connectivity index (χ0) is 21.8. The highest BCUT2D eigenvalue weighted by Crippen LogP contribution is 2.35. The number of benzene rings is 2. The summed E-state index contributed by atoms with van der Waals surface area (Å²) in [6.45, 7) is 3.19. The van der Waals surface area contributed by atoms with Crippen LogP contribution in [0, 0.1) is 0 Å². The van der Waals surface area contributed by atoms with Crippen LogP contribution in [-0.2, 0) is 4.79 Å². The highest BCUT2D eigenvalue weighted by molar-refractivity contribution is 7.98. The molecule has 1 aliphatic heterocycles. The molecule has 0 N–H and O–H groups in total. The monoisotopic (exact) mass is 439 g/mol. The van der Waals surface area contributed by atoms with E-state index in [0.29, 0.717) is 42.8 Å². The predicted molar refractivity (Wildman–Crippen MR) is 120 cm³/mol. The Hall–Kier alpha value is -3.00. The first-order valence-corrected chi connectivity index (χ1v) is 11.4. The van der Waals surface area contributed by atoms with Crippen molar-refractivity contribution in [3.63, 3.8) is 0 Å². The summed E-state index contributed by atoms with van der Waals surface area (Å²) < 4.78 is 16.7. The number of hydrogen-bond acceptors (Lipinski definition) is 7. The number of ether oxygens (including phenoxy) is 2. The molecule has 0 radical (unpaired) electrons. The van der Waals surface area contributed by atoms with E-state index >= 15 is 0 Å². The van der Waals surface area contributed by atoms with Gasteiger partial charge < -0.3 is 18.9 Å². The molecule has 1 unspecified atom stereocenters. The van der Waals surface area contributed by atoms with Crippen molar-refractivity contribution >= 4 is 23.4 Å². The van der Waals surface area contributed by atoms with Crippen molar-refractivity contribution in [3.8, 4) is 22.9 Å². The Morgan fingerprint density at radius 1 is 1.23 bits per heavy atom. The van der Waals surface area contributed by atoms with Crippen molar-refractivity contribution in [3.05, 3.63) is 48.4 Å². The normalized spacial score (nSPS) is 16.0.